The highest BCUT2D eigenvalue weighted by Crippen LogP contribution is 2.14. The maximum absolute atomic E-state index is 12.2. The summed E-state index contributed by atoms with van der Waals surface area (Å²) in [5, 5.41) is 12.1. The van der Waals surface area contributed by atoms with Crippen LogP contribution in [0.25, 0.3) is 0 Å². The van der Waals surface area contributed by atoms with E-state index in [2.05, 4.69) is 37.8 Å². The van der Waals surface area contributed by atoms with Gasteiger partial charge in [0, 0.05) is 37.6 Å². The molecule has 3 heterocycles. The first-order valence-corrected chi connectivity index (χ1v) is 7.60. The minimum atomic E-state index is -0.0308. The highest BCUT2D eigenvalue weighted by molar-refractivity contribution is 7.09. The molecule has 106 valence electrons. The molecule has 0 radical (unpaired) electrons. The molecule has 1 amide bonds. The van der Waals surface area contributed by atoms with Crippen molar-refractivity contribution >= 4 is 17.2 Å². The minimum absolute atomic E-state index is 0.0308. The van der Waals surface area contributed by atoms with Gasteiger partial charge in [0.2, 0.25) is 0 Å². The Hall–Kier alpha value is -1.73. The second-order valence-corrected chi connectivity index (χ2v) is 5.89. The Morgan fingerprint density at radius 3 is 3.05 bits per heavy atom. The highest BCUT2D eigenvalue weighted by Gasteiger charge is 2.21. The Kier molecular flexibility index (Phi) is 4.08. The molecule has 0 aliphatic carbocycles. The van der Waals surface area contributed by atoms with E-state index in [4.69, 9.17) is 0 Å². The number of rotatable bonds is 3. The topological polar surface area (TPSA) is 65.1 Å². The zero-order valence-electron chi connectivity index (χ0n) is 11.2. The van der Waals surface area contributed by atoms with Gasteiger partial charge in [0.1, 0.15) is 0 Å². The predicted octanol–water partition coefficient (Wildman–Crippen LogP) is 1.21. The van der Waals surface area contributed by atoms with Crippen molar-refractivity contribution in [2.24, 2.45) is 0 Å². The van der Waals surface area contributed by atoms with E-state index >= 15 is 0 Å². The van der Waals surface area contributed by atoms with Gasteiger partial charge in [-0.1, -0.05) is 6.07 Å². The fourth-order valence-electron chi connectivity index (χ4n) is 2.42. The van der Waals surface area contributed by atoms with Crippen LogP contribution in [0.15, 0.2) is 23.7 Å². The maximum Gasteiger partial charge on any atom is 0.276 e. The van der Waals surface area contributed by atoms with Gasteiger partial charge in [-0.2, -0.15) is 15.4 Å². The molecule has 1 N–H and O–H groups in total. The van der Waals surface area contributed by atoms with Gasteiger partial charge in [-0.3, -0.25) is 9.69 Å². The average Bonchev–Trinajstić information content (AvgIpc) is 3.10. The Balaban J connectivity index is 1.58. The Labute approximate surface area is 121 Å². The van der Waals surface area contributed by atoms with Gasteiger partial charge >= 0.3 is 0 Å². The molecule has 1 saturated heterocycles. The second-order valence-electron chi connectivity index (χ2n) is 4.86. The Bertz CT molecular complexity index is 539. The standard InChI is InChI=1S/C13H17N5OS/c19-13(12-9-14-16-15-12)18-5-2-4-17(6-7-18)10-11-3-1-8-20-11/h1,3,8-9H,2,4-7,10H2,(H,14,15,16). The molecule has 7 heteroatoms. The summed E-state index contributed by atoms with van der Waals surface area (Å²) in [4.78, 5) is 17.9. The number of nitrogens with zero attached hydrogens (tertiary/aromatic N) is 4. The number of hydrogen-bond donors (Lipinski definition) is 1. The largest absolute Gasteiger partial charge is 0.336 e. The van der Waals surface area contributed by atoms with Crippen molar-refractivity contribution < 1.29 is 4.79 Å². The van der Waals surface area contributed by atoms with Crippen LogP contribution in [-0.4, -0.2) is 57.3 Å². The molecule has 0 bridgehead atoms. The predicted molar refractivity (Wildman–Crippen MR) is 76.5 cm³/mol. The van der Waals surface area contributed by atoms with Gasteiger partial charge < -0.3 is 4.90 Å². The molecule has 1 aliphatic heterocycles. The number of amides is 1. The van der Waals surface area contributed by atoms with Crippen LogP contribution in [-0.2, 0) is 6.54 Å². The smallest absolute Gasteiger partial charge is 0.276 e. The van der Waals surface area contributed by atoms with Crippen LogP contribution < -0.4 is 0 Å². The third kappa shape index (κ3) is 3.05. The highest BCUT2D eigenvalue weighted by atomic mass is 32.1. The molecule has 6 nitrogen and oxygen atoms in total. The quantitative estimate of drug-likeness (QED) is 0.923. The third-order valence-electron chi connectivity index (χ3n) is 3.47. The number of nitrogens with one attached hydrogen (secondary N) is 1. The van der Waals surface area contributed by atoms with E-state index in [1.807, 2.05) is 4.90 Å². The number of aromatic nitrogens is 3. The van der Waals surface area contributed by atoms with Crippen molar-refractivity contribution in [3.05, 3.63) is 34.3 Å². The van der Waals surface area contributed by atoms with E-state index in [0.29, 0.717) is 5.69 Å². The van der Waals surface area contributed by atoms with Crippen molar-refractivity contribution in [2.75, 3.05) is 26.2 Å². The van der Waals surface area contributed by atoms with Gasteiger partial charge in [-0.15, -0.1) is 11.3 Å². The van der Waals surface area contributed by atoms with Crippen LogP contribution in [0.5, 0.6) is 0 Å². The normalized spacial score (nSPS) is 17.1. The van der Waals surface area contributed by atoms with Crippen LogP contribution in [0, 0.1) is 0 Å². The summed E-state index contributed by atoms with van der Waals surface area (Å²) in [5.41, 5.74) is 0.400. The summed E-state index contributed by atoms with van der Waals surface area (Å²) >= 11 is 1.78. The lowest BCUT2D eigenvalue weighted by Gasteiger charge is -2.20. The maximum atomic E-state index is 12.2. The summed E-state index contributed by atoms with van der Waals surface area (Å²) in [6.07, 6.45) is 2.48. The molecule has 0 atom stereocenters. The molecule has 2 aromatic heterocycles. The molecule has 0 saturated carbocycles. The Morgan fingerprint density at radius 2 is 2.30 bits per heavy atom. The number of carbonyl (C=O) groups is 1. The lowest BCUT2D eigenvalue weighted by atomic mass is 10.3. The molecular formula is C13H17N5OS. The first-order valence-electron chi connectivity index (χ1n) is 6.73. The van der Waals surface area contributed by atoms with E-state index in [-0.39, 0.29) is 5.91 Å². The number of carbonyl (C=O) groups excluding carboxylic acids is 1. The van der Waals surface area contributed by atoms with Crippen LogP contribution in [0.1, 0.15) is 21.8 Å². The number of thiophene rings is 1. The van der Waals surface area contributed by atoms with Crippen LogP contribution in [0.3, 0.4) is 0 Å². The van der Waals surface area contributed by atoms with Crippen molar-refractivity contribution in [3.63, 3.8) is 0 Å². The minimum Gasteiger partial charge on any atom is -0.336 e. The van der Waals surface area contributed by atoms with Crippen LogP contribution in [0.4, 0.5) is 0 Å². The molecule has 2 aromatic rings. The zero-order chi connectivity index (χ0) is 13.8. The molecular weight excluding hydrogens is 274 g/mol. The summed E-state index contributed by atoms with van der Waals surface area (Å²) in [6.45, 7) is 4.44. The second kappa shape index (κ2) is 6.15. The molecule has 0 spiro atoms. The van der Waals surface area contributed by atoms with Gasteiger partial charge in [-0.05, 0) is 17.9 Å². The molecule has 3 rings (SSSR count). The van der Waals surface area contributed by atoms with Crippen molar-refractivity contribution in [3.8, 4) is 0 Å². The molecule has 1 fully saturated rings. The van der Waals surface area contributed by atoms with Crippen molar-refractivity contribution in [2.45, 2.75) is 13.0 Å². The molecule has 20 heavy (non-hydrogen) atoms. The summed E-state index contributed by atoms with van der Waals surface area (Å²) in [7, 11) is 0. The monoisotopic (exact) mass is 291 g/mol. The van der Waals surface area contributed by atoms with Gasteiger partial charge in [0.25, 0.3) is 5.91 Å². The van der Waals surface area contributed by atoms with Crippen LogP contribution >= 0.6 is 11.3 Å². The van der Waals surface area contributed by atoms with Gasteiger partial charge in [0.15, 0.2) is 5.69 Å². The number of aromatic amines is 1. The van der Waals surface area contributed by atoms with E-state index in [0.717, 1.165) is 39.1 Å². The number of hydrogen-bond acceptors (Lipinski definition) is 5. The summed E-state index contributed by atoms with van der Waals surface area (Å²) < 4.78 is 0. The molecule has 0 aromatic carbocycles. The van der Waals surface area contributed by atoms with E-state index in [9.17, 15) is 4.79 Å². The average molecular weight is 291 g/mol. The first-order chi connectivity index (χ1) is 9.83. The zero-order valence-corrected chi connectivity index (χ0v) is 12.0. The first kappa shape index (κ1) is 13.3. The SMILES string of the molecule is O=C(c1cn[nH]n1)N1CCCN(Cc2cccs2)CC1. The lowest BCUT2D eigenvalue weighted by molar-refractivity contribution is 0.0755. The van der Waals surface area contributed by atoms with Crippen LogP contribution in [0.2, 0.25) is 0 Å². The number of H-pyrrole nitrogens is 1. The fraction of sp³-hybridized carbons (Fsp3) is 0.462. The van der Waals surface area contributed by atoms with Crippen molar-refractivity contribution in [1.82, 2.24) is 25.2 Å². The third-order valence-corrected chi connectivity index (χ3v) is 4.33. The molecule has 1 aliphatic rings. The fourth-order valence-corrected chi connectivity index (χ4v) is 3.17. The van der Waals surface area contributed by atoms with Gasteiger partial charge in [-0.25, -0.2) is 0 Å². The van der Waals surface area contributed by atoms with E-state index in [1.54, 1.807) is 11.3 Å². The van der Waals surface area contributed by atoms with Gasteiger partial charge in [0.05, 0.1) is 6.20 Å². The Morgan fingerprint density at radius 1 is 1.35 bits per heavy atom. The summed E-state index contributed by atoms with van der Waals surface area (Å²) in [5.74, 6) is -0.0308. The lowest BCUT2D eigenvalue weighted by Crippen LogP contribution is -2.35. The van der Waals surface area contributed by atoms with E-state index < -0.39 is 0 Å². The van der Waals surface area contributed by atoms with Crippen molar-refractivity contribution in [1.29, 1.82) is 0 Å². The summed E-state index contributed by atoms with van der Waals surface area (Å²) in [6, 6.07) is 4.24. The van der Waals surface area contributed by atoms with E-state index in [1.165, 1.54) is 11.1 Å². The molecule has 0 unspecified atom stereocenters.